The molecule has 3 aromatic heterocycles. The molecule has 0 aliphatic heterocycles. The molecule has 0 aliphatic carbocycles. The number of pyridine rings is 2. The van der Waals surface area contributed by atoms with E-state index in [4.69, 9.17) is 4.98 Å². The number of hydrogen-bond acceptors (Lipinski definition) is 2. The number of fused-ring (bicyclic) bond motifs is 1. The molecule has 3 rings (SSSR count). The van der Waals surface area contributed by atoms with E-state index in [1.165, 1.54) is 0 Å². The molecule has 3 heteroatoms. The lowest BCUT2D eigenvalue weighted by Crippen LogP contribution is -1.97. The molecule has 1 atom stereocenters. The highest BCUT2D eigenvalue weighted by atomic mass is 15.1. The van der Waals surface area contributed by atoms with Gasteiger partial charge in [-0.05, 0) is 42.7 Å². The molecule has 0 saturated carbocycles. The van der Waals surface area contributed by atoms with Crippen molar-refractivity contribution in [3.63, 3.8) is 0 Å². The standard InChI is InChI=1S/C16H17N3/c1-3-12(2)13-7-8-15-14(18-13)9-11-19(15)16-6-4-5-10-17-16/h4-12H,3H2,1-2H3. The normalized spacial score (nSPS) is 12.7. The molecule has 1 unspecified atom stereocenters. The second-order valence-electron chi connectivity index (χ2n) is 4.82. The van der Waals surface area contributed by atoms with Crippen LogP contribution in [0.3, 0.4) is 0 Å². The average Bonchev–Trinajstić information content (AvgIpc) is 2.90. The first-order chi connectivity index (χ1) is 9.29. The number of nitrogens with zero attached hydrogens (tertiary/aromatic N) is 3. The Morgan fingerprint density at radius 1 is 1.16 bits per heavy atom. The van der Waals surface area contributed by atoms with Crippen LogP contribution in [0.1, 0.15) is 31.9 Å². The van der Waals surface area contributed by atoms with Crippen LogP contribution in [0.25, 0.3) is 16.9 Å². The summed E-state index contributed by atoms with van der Waals surface area (Å²) in [5, 5.41) is 0. The van der Waals surface area contributed by atoms with Gasteiger partial charge in [0, 0.05) is 18.1 Å². The Bertz CT molecular complexity index is 686. The topological polar surface area (TPSA) is 30.7 Å². The maximum Gasteiger partial charge on any atom is 0.137 e. The van der Waals surface area contributed by atoms with Crippen LogP contribution in [0.2, 0.25) is 0 Å². The van der Waals surface area contributed by atoms with Gasteiger partial charge in [-0.1, -0.05) is 19.9 Å². The fraction of sp³-hybridized carbons (Fsp3) is 0.250. The smallest absolute Gasteiger partial charge is 0.137 e. The van der Waals surface area contributed by atoms with Crippen molar-refractivity contribution in [2.24, 2.45) is 0 Å². The largest absolute Gasteiger partial charge is 0.300 e. The zero-order valence-corrected chi connectivity index (χ0v) is 11.2. The van der Waals surface area contributed by atoms with Crippen LogP contribution >= 0.6 is 0 Å². The van der Waals surface area contributed by atoms with Gasteiger partial charge in [-0.25, -0.2) is 4.98 Å². The summed E-state index contributed by atoms with van der Waals surface area (Å²) in [6.07, 6.45) is 4.95. The molecule has 0 bridgehead atoms. The Kier molecular flexibility index (Phi) is 3.03. The molecule has 0 aliphatic rings. The molecule has 0 spiro atoms. The molecule has 0 radical (unpaired) electrons. The lowest BCUT2D eigenvalue weighted by molar-refractivity contribution is 0.712. The van der Waals surface area contributed by atoms with Gasteiger partial charge in [-0.2, -0.15) is 0 Å². The Morgan fingerprint density at radius 2 is 2.05 bits per heavy atom. The van der Waals surface area contributed by atoms with Crippen LogP contribution in [0.15, 0.2) is 48.8 Å². The molecule has 0 amide bonds. The van der Waals surface area contributed by atoms with Gasteiger partial charge in [0.05, 0.1) is 11.0 Å². The van der Waals surface area contributed by atoms with Gasteiger partial charge in [-0.15, -0.1) is 0 Å². The summed E-state index contributed by atoms with van der Waals surface area (Å²) in [5.74, 6) is 1.43. The highest BCUT2D eigenvalue weighted by Crippen LogP contribution is 2.22. The van der Waals surface area contributed by atoms with Crippen LogP contribution in [-0.4, -0.2) is 14.5 Å². The lowest BCUT2D eigenvalue weighted by atomic mass is 10.0. The first kappa shape index (κ1) is 11.9. The predicted molar refractivity (Wildman–Crippen MR) is 77.6 cm³/mol. The SMILES string of the molecule is CCC(C)c1ccc2c(ccn2-c2ccccn2)n1. The van der Waals surface area contributed by atoms with Gasteiger partial charge in [0.15, 0.2) is 0 Å². The van der Waals surface area contributed by atoms with E-state index in [0.29, 0.717) is 5.92 Å². The van der Waals surface area contributed by atoms with Crippen LogP contribution in [0.4, 0.5) is 0 Å². The molecule has 0 saturated heterocycles. The molecule has 96 valence electrons. The molecular weight excluding hydrogens is 234 g/mol. The van der Waals surface area contributed by atoms with Gasteiger partial charge in [-0.3, -0.25) is 9.55 Å². The molecule has 3 nitrogen and oxygen atoms in total. The van der Waals surface area contributed by atoms with Crippen molar-refractivity contribution in [2.75, 3.05) is 0 Å². The first-order valence-corrected chi connectivity index (χ1v) is 6.69. The summed E-state index contributed by atoms with van der Waals surface area (Å²) in [6, 6.07) is 12.2. The number of rotatable bonds is 3. The number of aromatic nitrogens is 3. The molecule has 19 heavy (non-hydrogen) atoms. The van der Waals surface area contributed by atoms with Crippen molar-refractivity contribution >= 4 is 11.0 Å². The maximum absolute atomic E-state index is 4.74. The highest BCUT2D eigenvalue weighted by Gasteiger charge is 2.09. The average molecular weight is 251 g/mol. The quantitative estimate of drug-likeness (QED) is 0.706. The third-order valence-electron chi connectivity index (χ3n) is 3.58. The highest BCUT2D eigenvalue weighted by molar-refractivity contribution is 5.77. The fourth-order valence-corrected chi connectivity index (χ4v) is 2.21. The monoisotopic (exact) mass is 251 g/mol. The van der Waals surface area contributed by atoms with Gasteiger partial charge in [0.2, 0.25) is 0 Å². The minimum atomic E-state index is 0.502. The third kappa shape index (κ3) is 2.12. The van der Waals surface area contributed by atoms with Gasteiger partial charge < -0.3 is 0 Å². The predicted octanol–water partition coefficient (Wildman–Crippen LogP) is 3.93. The Labute approximate surface area is 112 Å². The minimum absolute atomic E-state index is 0.502. The van der Waals surface area contributed by atoms with Crippen LogP contribution in [0, 0.1) is 0 Å². The van der Waals surface area contributed by atoms with E-state index in [-0.39, 0.29) is 0 Å². The zero-order valence-electron chi connectivity index (χ0n) is 11.2. The first-order valence-electron chi connectivity index (χ1n) is 6.69. The summed E-state index contributed by atoms with van der Waals surface area (Å²) in [6.45, 7) is 4.40. The molecule has 0 fully saturated rings. The van der Waals surface area contributed by atoms with Crippen LogP contribution in [0.5, 0.6) is 0 Å². The van der Waals surface area contributed by atoms with E-state index < -0.39 is 0 Å². The van der Waals surface area contributed by atoms with Gasteiger partial charge in [0.25, 0.3) is 0 Å². The second-order valence-corrected chi connectivity index (χ2v) is 4.82. The fourth-order valence-electron chi connectivity index (χ4n) is 2.21. The Morgan fingerprint density at radius 3 is 2.79 bits per heavy atom. The van der Waals surface area contributed by atoms with Crippen molar-refractivity contribution in [3.05, 3.63) is 54.5 Å². The zero-order chi connectivity index (χ0) is 13.2. The van der Waals surface area contributed by atoms with Gasteiger partial charge in [0.1, 0.15) is 5.82 Å². The van der Waals surface area contributed by atoms with Crippen molar-refractivity contribution in [1.29, 1.82) is 0 Å². The Balaban J connectivity index is 2.10. The molecule has 0 aromatic carbocycles. The summed E-state index contributed by atoms with van der Waals surface area (Å²) >= 11 is 0. The third-order valence-corrected chi connectivity index (χ3v) is 3.58. The van der Waals surface area contributed by atoms with E-state index in [0.717, 1.165) is 29.0 Å². The summed E-state index contributed by atoms with van der Waals surface area (Å²) in [5.41, 5.74) is 3.29. The van der Waals surface area contributed by atoms with Crippen LogP contribution in [-0.2, 0) is 0 Å². The molecule has 0 N–H and O–H groups in total. The summed E-state index contributed by atoms with van der Waals surface area (Å²) < 4.78 is 2.07. The van der Waals surface area contributed by atoms with Crippen molar-refractivity contribution in [1.82, 2.24) is 14.5 Å². The molecular formula is C16H17N3. The van der Waals surface area contributed by atoms with Crippen LogP contribution < -0.4 is 0 Å². The Hall–Kier alpha value is -2.16. The van der Waals surface area contributed by atoms with E-state index in [1.807, 2.05) is 30.6 Å². The van der Waals surface area contributed by atoms with E-state index >= 15 is 0 Å². The second kappa shape index (κ2) is 4.84. The minimum Gasteiger partial charge on any atom is -0.300 e. The van der Waals surface area contributed by atoms with Crippen molar-refractivity contribution in [3.8, 4) is 5.82 Å². The van der Waals surface area contributed by atoms with E-state index in [2.05, 4.69) is 41.6 Å². The lowest BCUT2D eigenvalue weighted by Gasteiger charge is -2.08. The van der Waals surface area contributed by atoms with Crippen molar-refractivity contribution in [2.45, 2.75) is 26.2 Å². The number of hydrogen-bond donors (Lipinski definition) is 0. The molecule has 3 aromatic rings. The summed E-state index contributed by atoms with van der Waals surface area (Å²) in [4.78, 5) is 9.12. The van der Waals surface area contributed by atoms with Crippen molar-refractivity contribution < 1.29 is 0 Å². The van der Waals surface area contributed by atoms with Gasteiger partial charge >= 0.3 is 0 Å². The maximum atomic E-state index is 4.74. The van der Waals surface area contributed by atoms with E-state index in [9.17, 15) is 0 Å². The summed E-state index contributed by atoms with van der Waals surface area (Å²) in [7, 11) is 0. The molecule has 3 heterocycles. The van der Waals surface area contributed by atoms with E-state index in [1.54, 1.807) is 0 Å².